The van der Waals surface area contributed by atoms with E-state index in [1.165, 1.54) is 17.8 Å². The molecule has 7 rings (SSSR count). The first-order valence-corrected chi connectivity index (χ1v) is 15.0. The zero-order chi connectivity index (χ0) is 29.5. The number of amides is 1. The summed E-state index contributed by atoms with van der Waals surface area (Å²) in [5.74, 6) is -1.89. The lowest BCUT2D eigenvalue weighted by Gasteiger charge is -2.44. The zero-order valence-electron chi connectivity index (χ0n) is 23.0. The summed E-state index contributed by atoms with van der Waals surface area (Å²) in [4.78, 5) is 29.9. The van der Waals surface area contributed by atoms with E-state index in [0.717, 1.165) is 22.1 Å². The molecule has 0 aliphatic carbocycles. The van der Waals surface area contributed by atoms with Crippen LogP contribution in [0.5, 0.6) is 11.5 Å². The van der Waals surface area contributed by atoms with Crippen LogP contribution >= 0.6 is 11.8 Å². The van der Waals surface area contributed by atoms with Gasteiger partial charge in [-0.2, -0.15) is 0 Å². The van der Waals surface area contributed by atoms with Crippen LogP contribution in [0.15, 0.2) is 94.8 Å². The highest BCUT2D eigenvalue weighted by atomic mass is 32.2. The molecule has 4 aromatic rings. The van der Waals surface area contributed by atoms with E-state index in [2.05, 4.69) is 0 Å². The van der Waals surface area contributed by atoms with Gasteiger partial charge in [0.25, 0.3) is 5.91 Å². The minimum absolute atomic E-state index is 0.0630. The van der Waals surface area contributed by atoms with Crippen molar-refractivity contribution >= 4 is 17.7 Å². The second-order valence-corrected chi connectivity index (χ2v) is 11.5. The lowest BCUT2D eigenvalue weighted by atomic mass is 9.92. The molecule has 218 valence electrons. The first-order chi connectivity index (χ1) is 21.0. The van der Waals surface area contributed by atoms with E-state index < -0.39 is 23.1 Å². The number of fused-ring (bicyclic) bond motifs is 7. The first kappa shape index (κ1) is 27.3. The lowest BCUT2D eigenvalue weighted by Crippen LogP contribution is -2.56. The Morgan fingerprint density at radius 3 is 2.67 bits per heavy atom. The molecule has 0 spiro atoms. The van der Waals surface area contributed by atoms with Crippen LogP contribution in [0, 0.1) is 11.6 Å². The van der Waals surface area contributed by atoms with Gasteiger partial charge in [-0.25, -0.2) is 8.78 Å². The molecule has 3 aliphatic rings. The molecule has 0 N–H and O–H groups in total. The summed E-state index contributed by atoms with van der Waals surface area (Å²) in [7, 11) is 0. The van der Waals surface area contributed by atoms with Crippen molar-refractivity contribution in [3.8, 4) is 11.5 Å². The fourth-order valence-corrected chi connectivity index (χ4v) is 6.96. The molecule has 4 heterocycles. The van der Waals surface area contributed by atoms with Crippen molar-refractivity contribution in [2.75, 3.05) is 24.8 Å². The summed E-state index contributed by atoms with van der Waals surface area (Å²) in [5.41, 5.74) is 2.03. The molecular weight excluding hydrogens is 572 g/mol. The smallest absolute Gasteiger partial charge is 0.277 e. The van der Waals surface area contributed by atoms with Crippen LogP contribution in [0.4, 0.5) is 8.78 Å². The van der Waals surface area contributed by atoms with E-state index in [4.69, 9.17) is 9.47 Å². The maximum Gasteiger partial charge on any atom is 0.277 e. The third-order valence-electron chi connectivity index (χ3n) is 7.89. The van der Waals surface area contributed by atoms with Gasteiger partial charge in [-0.05, 0) is 23.6 Å². The fraction of sp³-hybridized carbons (Fsp3) is 0.212. The second kappa shape index (κ2) is 11.3. The van der Waals surface area contributed by atoms with Crippen molar-refractivity contribution in [2.45, 2.75) is 29.7 Å². The Morgan fingerprint density at radius 1 is 1.00 bits per heavy atom. The van der Waals surface area contributed by atoms with Crippen LogP contribution in [0.1, 0.15) is 45.2 Å². The summed E-state index contributed by atoms with van der Waals surface area (Å²) in [6.07, 6.45) is 5.78. The highest BCUT2D eigenvalue weighted by Crippen LogP contribution is 2.47. The Morgan fingerprint density at radius 2 is 1.81 bits per heavy atom. The number of halogens is 2. The number of hydrogen-bond donors (Lipinski definition) is 0. The summed E-state index contributed by atoms with van der Waals surface area (Å²) >= 11 is 1.42. The van der Waals surface area contributed by atoms with Gasteiger partial charge in [0.05, 0.1) is 0 Å². The molecule has 7 nitrogen and oxygen atoms in total. The van der Waals surface area contributed by atoms with Crippen molar-refractivity contribution in [1.82, 2.24) is 9.58 Å². The predicted molar refractivity (Wildman–Crippen MR) is 159 cm³/mol. The van der Waals surface area contributed by atoms with Crippen molar-refractivity contribution in [3.05, 3.63) is 135 Å². The molecule has 10 heteroatoms. The summed E-state index contributed by atoms with van der Waals surface area (Å²) in [6, 6.07) is 18.9. The molecule has 0 fully saturated rings. The van der Waals surface area contributed by atoms with Crippen molar-refractivity contribution < 1.29 is 23.0 Å². The maximum absolute atomic E-state index is 15.6. The van der Waals surface area contributed by atoms with Crippen LogP contribution in [-0.4, -0.2) is 35.3 Å². The number of rotatable bonds is 3. The average molecular weight is 600 g/mol. The Hall–Kier alpha value is -4.57. The summed E-state index contributed by atoms with van der Waals surface area (Å²) < 4.78 is 44.4. The zero-order valence-corrected chi connectivity index (χ0v) is 23.9. The summed E-state index contributed by atoms with van der Waals surface area (Å²) in [6.45, 7) is 0.751. The maximum atomic E-state index is 15.6. The quantitative estimate of drug-likeness (QED) is 0.278. The van der Waals surface area contributed by atoms with E-state index in [1.54, 1.807) is 15.8 Å². The molecule has 0 radical (unpaired) electrons. The Balaban J connectivity index is 1.47. The Labute approximate surface area is 250 Å². The molecule has 3 aliphatic heterocycles. The number of pyridine rings is 1. The standard InChI is InChI=1S/C33H27F2N3O4S/c34-24-17-26-28-23(29(24)35)19-43-27-12-6-5-11-22(27)30(28)38-20-36(14-7-2-8-16-41-26)33(40)31-32(25(39)13-15-37(31)38)42-18-21-9-3-1-4-10-21/h1-6,8-13,15,17,30H,7,14,16,18-20H2/b8-2+/t30-/m1/s1. The molecule has 1 atom stereocenters. The van der Waals surface area contributed by atoms with Gasteiger partial charge in [0.15, 0.2) is 23.1 Å². The van der Waals surface area contributed by atoms with E-state index in [9.17, 15) is 14.0 Å². The van der Waals surface area contributed by atoms with Gasteiger partial charge < -0.3 is 14.4 Å². The number of thioether (sulfide) groups is 1. The Kier molecular flexibility index (Phi) is 7.14. The molecule has 0 saturated carbocycles. The molecule has 0 saturated heterocycles. The first-order valence-electron chi connectivity index (χ1n) is 14.0. The van der Waals surface area contributed by atoms with Gasteiger partial charge in [-0.3, -0.25) is 19.3 Å². The topological polar surface area (TPSA) is 64.0 Å². The van der Waals surface area contributed by atoms with Crippen molar-refractivity contribution in [3.63, 3.8) is 0 Å². The van der Waals surface area contributed by atoms with Crippen LogP contribution in [0.3, 0.4) is 0 Å². The number of carbonyl (C=O) groups is 1. The monoisotopic (exact) mass is 599 g/mol. The third-order valence-corrected chi connectivity index (χ3v) is 9.01. The van der Waals surface area contributed by atoms with Crippen LogP contribution in [0.25, 0.3) is 0 Å². The van der Waals surface area contributed by atoms with E-state index in [1.807, 2.05) is 71.8 Å². The van der Waals surface area contributed by atoms with Gasteiger partial charge in [0, 0.05) is 46.6 Å². The predicted octanol–water partition coefficient (Wildman–Crippen LogP) is 5.79. The highest BCUT2D eigenvalue weighted by Gasteiger charge is 2.41. The van der Waals surface area contributed by atoms with E-state index >= 15 is 4.39 Å². The van der Waals surface area contributed by atoms with Gasteiger partial charge in [-0.15, -0.1) is 11.8 Å². The largest absolute Gasteiger partial charge is 0.489 e. The molecule has 3 aromatic carbocycles. The molecule has 1 aromatic heterocycles. The number of carbonyl (C=O) groups excluding carboxylic acids is 1. The number of aromatic nitrogens is 1. The Bertz CT molecular complexity index is 1810. The normalized spacial score (nSPS) is 18.2. The van der Waals surface area contributed by atoms with Crippen LogP contribution < -0.4 is 19.9 Å². The van der Waals surface area contributed by atoms with Gasteiger partial charge in [0.2, 0.25) is 5.43 Å². The number of hydrogen-bond acceptors (Lipinski definition) is 6. The van der Waals surface area contributed by atoms with Crippen LogP contribution in [-0.2, 0) is 12.4 Å². The highest BCUT2D eigenvalue weighted by molar-refractivity contribution is 7.98. The number of nitrogens with zero attached hydrogens (tertiary/aromatic N) is 3. The van der Waals surface area contributed by atoms with E-state index in [-0.39, 0.29) is 54.3 Å². The molecular formula is C33H27F2N3O4S. The molecule has 1 amide bonds. The van der Waals surface area contributed by atoms with Crippen LogP contribution in [0.2, 0.25) is 0 Å². The van der Waals surface area contributed by atoms with Crippen molar-refractivity contribution in [1.29, 1.82) is 0 Å². The fourth-order valence-electron chi connectivity index (χ4n) is 5.86. The minimum atomic E-state index is -0.980. The number of ether oxygens (including phenoxy) is 2. The lowest BCUT2D eigenvalue weighted by molar-refractivity contribution is 0.0679. The van der Waals surface area contributed by atoms with Gasteiger partial charge >= 0.3 is 0 Å². The molecule has 43 heavy (non-hydrogen) atoms. The molecule has 2 bridgehead atoms. The SMILES string of the molecule is O=C1c2c(OCc3ccccc3)c(=O)ccn2N2CN1CC/C=C/COc1cc(F)c(F)c3c1[C@H]2c1ccccc1SC3. The van der Waals surface area contributed by atoms with Gasteiger partial charge in [-0.1, -0.05) is 60.7 Å². The van der Waals surface area contributed by atoms with Crippen molar-refractivity contribution in [2.24, 2.45) is 0 Å². The molecule has 0 unspecified atom stereocenters. The van der Waals surface area contributed by atoms with E-state index in [0.29, 0.717) is 18.5 Å². The summed E-state index contributed by atoms with van der Waals surface area (Å²) in [5, 5.41) is 1.91. The minimum Gasteiger partial charge on any atom is -0.489 e. The number of benzene rings is 3. The average Bonchev–Trinajstić information content (AvgIpc) is 3.19. The van der Waals surface area contributed by atoms with Gasteiger partial charge in [0.1, 0.15) is 31.7 Å². The second-order valence-electron chi connectivity index (χ2n) is 10.5. The third kappa shape index (κ3) is 4.85.